The molecule has 1 amide bonds. The van der Waals surface area contributed by atoms with Crippen LogP contribution < -0.4 is 5.32 Å². The summed E-state index contributed by atoms with van der Waals surface area (Å²) in [5.41, 5.74) is -0.611. The highest BCUT2D eigenvalue weighted by Crippen LogP contribution is 2.31. The Balaban J connectivity index is 2.26. The van der Waals surface area contributed by atoms with E-state index in [9.17, 15) is 18.0 Å². The molecule has 0 saturated carbocycles. The topological polar surface area (TPSA) is 72.7 Å². The number of hydrogen-bond acceptors (Lipinski definition) is 4. The van der Waals surface area contributed by atoms with E-state index in [0.717, 1.165) is 16.9 Å². The molecule has 0 aliphatic rings. The lowest BCUT2D eigenvalue weighted by atomic mass is 10.1. The number of benzene rings is 1. The van der Waals surface area contributed by atoms with E-state index in [1.807, 2.05) is 0 Å². The normalized spacial score (nSPS) is 11.4. The summed E-state index contributed by atoms with van der Waals surface area (Å²) in [5, 5.41) is 13.5. The quantitative estimate of drug-likeness (QED) is 0.916. The van der Waals surface area contributed by atoms with E-state index >= 15 is 0 Å². The van der Waals surface area contributed by atoms with Gasteiger partial charge in [-0.05, 0) is 17.3 Å². The van der Waals surface area contributed by atoms with Crippen molar-refractivity contribution in [3.8, 4) is 11.4 Å². The number of tetrazole rings is 1. The molecule has 0 spiro atoms. The van der Waals surface area contributed by atoms with Gasteiger partial charge in [-0.15, -0.1) is 10.2 Å². The van der Waals surface area contributed by atoms with Crippen LogP contribution in [0.4, 0.5) is 13.2 Å². The number of likely N-dealkylation sites (N-methyl/N-ethyl adjacent to an activating group) is 1. The van der Waals surface area contributed by atoms with Crippen molar-refractivity contribution >= 4 is 5.91 Å². The summed E-state index contributed by atoms with van der Waals surface area (Å²) in [5.74, 6) is -0.307. The van der Waals surface area contributed by atoms with Crippen molar-refractivity contribution in [2.75, 3.05) is 7.05 Å². The summed E-state index contributed by atoms with van der Waals surface area (Å²) in [6, 6.07) is 4.59. The van der Waals surface area contributed by atoms with Gasteiger partial charge in [-0.3, -0.25) is 4.79 Å². The maximum Gasteiger partial charge on any atom is 0.416 e. The Bertz CT molecular complexity index is 623. The molecule has 2 aromatic rings. The van der Waals surface area contributed by atoms with Gasteiger partial charge in [-0.25, -0.2) is 0 Å². The summed E-state index contributed by atoms with van der Waals surface area (Å²) < 4.78 is 37.8. The lowest BCUT2D eigenvalue weighted by Gasteiger charge is -2.06. The molecule has 0 radical (unpaired) electrons. The Morgan fingerprint density at radius 3 is 2.80 bits per heavy atom. The molecule has 0 unspecified atom stereocenters. The van der Waals surface area contributed by atoms with Gasteiger partial charge in [0.2, 0.25) is 11.7 Å². The van der Waals surface area contributed by atoms with Crippen molar-refractivity contribution in [2.24, 2.45) is 0 Å². The Morgan fingerprint density at radius 2 is 2.15 bits per heavy atom. The van der Waals surface area contributed by atoms with Gasteiger partial charge in [0.25, 0.3) is 0 Å². The molecule has 1 N–H and O–H groups in total. The molecule has 0 aliphatic carbocycles. The van der Waals surface area contributed by atoms with Crippen molar-refractivity contribution in [2.45, 2.75) is 12.7 Å². The van der Waals surface area contributed by atoms with Crippen LogP contribution in [0.15, 0.2) is 24.3 Å². The second-order valence-corrected chi connectivity index (χ2v) is 3.90. The summed E-state index contributed by atoms with van der Waals surface area (Å²) in [7, 11) is 1.45. The maximum atomic E-state index is 12.6. The van der Waals surface area contributed by atoms with Gasteiger partial charge < -0.3 is 5.32 Å². The van der Waals surface area contributed by atoms with Crippen molar-refractivity contribution in [1.29, 1.82) is 0 Å². The third-order valence-electron chi connectivity index (χ3n) is 2.46. The molecule has 0 atom stereocenters. The van der Waals surface area contributed by atoms with Crippen molar-refractivity contribution in [3.05, 3.63) is 29.8 Å². The fourth-order valence-electron chi connectivity index (χ4n) is 1.47. The number of rotatable bonds is 3. The molecule has 1 aromatic carbocycles. The standard InChI is InChI=1S/C11H10F3N5O/c1-15-9(20)6-19-17-10(16-18-19)7-3-2-4-8(5-7)11(12,13)14/h2-5H,6H2,1H3,(H,15,20). The largest absolute Gasteiger partial charge is 0.416 e. The van der Waals surface area contributed by atoms with Crippen LogP contribution in [0.3, 0.4) is 0 Å². The Morgan fingerprint density at radius 1 is 1.40 bits per heavy atom. The monoisotopic (exact) mass is 285 g/mol. The first-order valence-electron chi connectivity index (χ1n) is 5.56. The van der Waals surface area contributed by atoms with Crippen LogP contribution in [-0.2, 0) is 17.5 Å². The van der Waals surface area contributed by atoms with Gasteiger partial charge in [-0.2, -0.15) is 18.0 Å². The maximum absolute atomic E-state index is 12.6. The predicted octanol–water partition coefficient (Wildman–Crippen LogP) is 1.10. The number of amides is 1. The molecule has 2 rings (SSSR count). The molecular formula is C11H10F3N5O. The third kappa shape index (κ3) is 3.11. The zero-order valence-corrected chi connectivity index (χ0v) is 10.3. The molecule has 0 aliphatic heterocycles. The number of carbonyl (C=O) groups is 1. The van der Waals surface area contributed by atoms with Crippen molar-refractivity contribution < 1.29 is 18.0 Å². The lowest BCUT2D eigenvalue weighted by Crippen LogP contribution is -2.24. The number of nitrogens with zero attached hydrogens (tertiary/aromatic N) is 4. The first kappa shape index (κ1) is 14.0. The van der Waals surface area contributed by atoms with E-state index < -0.39 is 11.7 Å². The van der Waals surface area contributed by atoms with E-state index in [4.69, 9.17) is 0 Å². The van der Waals surface area contributed by atoms with Crippen LogP contribution in [0.5, 0.6) is 0 Å². The average Bonchev–Trinajstić information content (AvgIpc) is 2.86. The molecular weight excluding hydrogens is 275 g/mol. The number of alkyl halides is 3. The zero-order valence-electron chi connectivity index (χ0n) is 10.3. The zero-order chi connectivity index (χ0) is 14.8. The van der Waals surface area contributed by atoms with Crippen LogP contribution in [-0.4, -0.2) is 33.2 Å². The summed E-state index contributed by atoms with van der Waals surface area (Å²) >= 11 is 0. The number of nitrogens with one attached hydrogen (secondary N) is 1. The second kappa shape index (κ2) is 5.27. The molecule has 20 heavy (non-hydrogen) atoms. The Kier molecular flexibility index (Phi) is 3.68. The van der Waals surface area contributed by atoms with Gasteiger partial charge in [0.15, 0.2) is 0 Å². The van der Waals surface area contributed by atoms with Crippen LogP contribution in [0.25, 0.3) is 11.4 Å². The van der Waals surface area contributed by atoms with Crippen LogP contribution in [0, 0.1) is 0 Å². The van der Waals surface area contributed by atoms with E-state index in [2.05, 4.69) is 20.7 Å². The van der Waals surface area contributed by atoms with Gasteiger partial charge in [-0.1, -0.05) is 12.1 Å². The fourth-order valence-corrected chi connectivity index (χ4v) is 1.47. The van der Waals surface area contributed by atoms with Crippen molar-refractivity contribution in [3.63, 3.8) is 0 Å². The van der Waals surface area contributed by atoms with E-state index in [1.54, 1.807) is 0 Å². The minimum absolute atomic E-state index is 0.0278. The highest BCUT2D eigenvalue weighted by atomic mass is 19.4. The van der Waals surface area contributed by atoms with Gasteiger partial charge in [0.05, 0.1) is 5.56 Å². The molecule has 0 fully saturated rings. The lowest BCUT2D eigenvalue weighted by molar-refractivity contribution is -0.137. The number of hydrogen-bond donors (Lipinski definition) is 1. The Labute approximate surface area is 111 Å². The number of carbonyl (C=O) groups excluding carboxylic acids is 1. The minimum atomic E-state index is -4.44. The predicted molar refractivity (Wildman–Crippen MR) is 62.3 cm³/mol. The molecule has 0 saturated heterocycles. The fraction of sp³-hybridized carbons (Fsp3) is 0.273. The molecule has 1 heterocycles. The molecule has 0 bridgehead atoms. The highest BCUT2D eigenvalue weighted by molar-refractivity contribution is 5.75. The number of aromatic nitrogens is 4. The Hall–Kier alpha value is -2.45. The van der Waals surface area contributed by atoms with Gasteiger partial charge >= 0.3 is 6.18 Å². The third-order valence-corrected chi connectivity index (χ3v) is 2.46. The van der Waals surface area contributed by atoms with Crippen LogP contribution in [0.1, 0.15) is 5.56 Å². The average molecular weight is 285 g/mol. The summed E-state index contributed by atoms with van der Waals surface area (Å²) in [4.78, 5) is 12.1. The summed E-state index contributed by atoms with van der Waals surface area (Å²) in [6.07, 6.45) is -4.44. The minimum Gasteiger partial charge on any atom is -0.358 e. The van der Waals surface area contributed by atoms with E-state index in [1.165, 1.54) is 19.2 Å². The van der Waals surface area contributed by atoms with E-state index in [-0.39, 0.29) is 23.8 Å². The van der Waals surface area contributed by atoms with Crippen molar-refractivity contribution in [1.82, 2.24) is 25.5 Å². The first-order chi connectivity index (χ1) is 9.40. The van der Waals surface area contributed by atoms with Crippen LogP contribution >= 0.6 is 0 Å². The molecule has 1 aromatic heterocycles. The van der Waals surface area contributed by atoms with E-state index in [0.29, 0.717) is 0 Å². The second-order valence-electron chi connectivity index (χ2n) is 3.90. The summed E-state index contributed by atoms with van der Waals surface area (Å²) in [6.45, 7) is -0.150. The molecule has 6 nitrogen and oxygen atoms in total. The van der Waals surface area contributed by atoms with Gasteiger partial charge in [0.1, 0.15) is 6.54 Å². The van der Waals surface area contributed by atoms with Gasteiger partial charge in [0, 0.05) is 12.6 Å². The highest BCUT2D eigenvalue weighted by Gasteiger charge is 2.30. The smallest absolute Gasteiger partial charge is 0.358 e. The van der Waals surface area contributed by atoms with Crippen LogP contribution in [0.2, 0.25) is 0 Å². The first-order valence-corrected chi connectivity index (χ1v) is 5.56. The molecule has 9 heteroatoms. The molecule has 106 valence electrons. The number of halogens is 3. The SMILES string of the molecule is CNC(=O)Cn1nnc(-c2cccc(C(F)(F)F)c2)n1.